The summed E-state index contributed by atoms with van der Waals surface area (Å²) in [5.74, 6) is 1.04. The molecule has 0 fully saturated rings. The predicted molar refractivity (Wildman–Crippen MR) is 72.1 cm³/mol. The Labute approximate surface area is 103 Å². The van der Waals surface area contributed by atoms with Gasteiger partial charge in [0.2, 0.25) is 0 Å². The molecule has 2 aromatic rings. The van der Waals surface area contributed by atoms with Gasteiger partial charge >= 0.3 is 0 Å². The van der Waals surface area contributed by atoms with E-state index < -0.39 is 0 Å². The Morgan fingerprint density at radius 2 is 1.65 bits per heavy atom. The molecule has 0 spiro atoms. The molecule has 17 heavy (non-hydrogen) atoms. The van der Waals surface area contributed by atoms with Crippen LogP contribution in [0.5, 0.6) is 0 Å². The van der Waals surface area contributed by atoms with Crippen LogP contribution in [0.1, 0.15) is 32.0 Å². The number of aryl methyl sites for hydroxylation is 2. The van der Waals surface area contributed by atoms with Crippen molar-refractivity contribution in [3.05, 3.63) is 41.7 Å². The molecule has 0 N–H and O–H groups in total. The summed E-state index contributed by atoms with van der Waals surface area (Å²) < 4.78 is 2.10. The van der Waals surface area contributed by atoms with Gasteiger partial charge in [-0.05, 0) is 6.92 Å². The van der Waals surface area contributed by atoms with E-state index in [4.69, 9.17) is 4.98 Å². The van der Waals surface area contributed by atoms with E-state index in [-0.39, 0.29) is 5.41 Å². The van der Waals surface area contributed by atoms with Crippen LogP contribution >= 0.6 is 0 Å². The average molecular weight is 228 g/mol. The van der Waals surface area contributed by atoms with E-state index in [9.17, 15) is 0 Å². The van der Waals surface area contributed by atoms with Gasteiger partial charge in [0.1, 0.15) is 5.82 Å². The first kappa shape index (κ1) is 11.9. The lowest BCUT2D eigenvalue weighted by molar-refractivity contribution is 0.572. The van der Waals surface area contributed by atoms with Gasteiger partial charge in [-0.3, -0.25) is 0 Å². The molecule has 0 amide bonds. The van der Waals surface area contributed by atoms with Gasteiger partial charge in [0.15, 0.2) is 0 Å². The number of nitrogens with zero attached hydrogens (tertiary/aromatic N) is 2. The monoisotopic (exact) mass is 228 g/mol. The summed E-state index contributed by atoms with van der Waals surface area (Å²) in [6, 6.07) is 8.51. The summed E-state index contributed by atoms with van der Waals surface area (Å²) in [6.45, 7) is 8.67. The second-order valence-corrected chi connectivity index (χ2v) is 5.68. The largest absolute Gasteiger partial charge is 0.334 e. The van der Waals surface area contributed by atoms with Crippen LogP contribution in [0.4, 0.5) is 0 Å². The zero-order chi connectivity index (χ0) is 12.6. The van der Waals surface area contributed by atoms with Crippen molar-refractivity contribution in [3.63, 3.8) is 0 Å². The molecule has 0 aliphatic rings. The minimum absolute atomic E-state index is 0.0979. The summed E-state index contributed by atoms with van der Waals surface area (Å²) in [4.78, 5) is 4.74. The van der Waals surface area contributed by atoms with Gasteiger partial charge in [0.05, 0.1) is 5.69 Å². The van der Waals surface area contributed by atoms with Crippen LogP contribution < -0.4 is 0 Å². The van der Waals surface area contributed by atoms with Crippen molar-refractivity contribution in [3.8, 4) is 11.4 Å². The number of hydrogen-bond donors (Lipinski definition) is 0. The normalized spacial score (nSPS) is 11.8. The van der Waals surface area contributed by atoms with E-state index >= 15 is 0 Å². The Morgan fingerprint density at radius 1 is 1.06 bits per heavy atom. The number of hydrogen-bond acceptors (Lipinski definition) is 1. The lowest BCUT2D eigenvalue weighted by atomic mass is 9.93. The molecule has 0 unspecified atom stereocenters. The van der Waals surface area contributed by atoms with E-state index in [0.717, 1.165) is 11.5 Å². The predicted octanol–water partition coefficient (Wildman–Crippen LogP) is 3.69. The molecule has 0 radical (unpaired) electrons. The highest BCUT2D eigenvalue weighted by molar-refractivity contribution is 5.56. The van der Waals surface area contributed by atoms with Gasteiger partial charge in [-0.2, -0.15) is 0 Å². The second kappa shape index (κ2) is 4.02. The average Bonchev–Trinajstić information content (AvgIpc) is 2.61. The first-order chi connectivity index (χ1) is 7.88. The van der Waals surface area contributed by atoms with Crippen LogP contribution in [0.2, 0.25) is 0 Å². The molecule has 90 valence electrons. The fourth-order valence-electron chi connectivity index (χ4n) is 1.80. The van der Waals surface area contributed by atoms with Gasteiger partial charge in [0.25, 0.3) is 0 Å². The Balaban J connectivity index is 2.46. The van der Waals surface area contributed by atoms with E-state index in [1.807, 2.05) is 0 Å². The van der Waals surface area contributed by atoms with Gasteiger partial charge in [-0.1, -0.05) is 50.6 Å². The van der Waals surface area contributed by atoms with Crippen LogP contribution in [0.3, 0.4) is 0 Å². The zero-order valence-corrected chi connectivity index (χ0v) is 11.3. The first-order valence-corrected chi connectivity index (χ1v) is 5.99. The Hall–Kier alpha value is -1.57. The van der Waals surface area contributed by atoms with Gasteiger partial charge < -0.3 is 4.57 Å². The molecule has 0 aliphatic heterocycles. The highest BCUT2D eigenvalue weighted by Crippen LogP contribution is 2.25. The fraction of sp³-hybridized carbons (Fsp3) is 0.400. The Bertz CT molecular complexity index is 513. The van der Waals surface area contributed by atoms with Crippen LogP contribution in [0, 0.1) is 6.92 Å². The molecule has 0 saturated heterocycles. The molecule has 0 bridgehead atoms. The number of aromatic nitrogens is 2. The maximum Gasteiger partial charge on any atom is 0.139 e. The summed E-state index contributed by atoms with van der Waals surface area (Å²) in [7, 11) is 2.05. The summed E-state index contributed by atoms with van der Waals surface area (Å²) >= 11 is 0. The maximum atomic E-state index is 4.74. The number of rotatable bonds is 1. The molecule has 0 atom stereocenters. The summed E-state index contributed by atoms with van der Waals surface area (Å²) in [6.07, 6.45) is 2.12. The van der Waals surface area contributed by atoms with Crippen molar-refractivity contribution < 1.29 is 0 Å². The Kier molecular flexibility index (Phi) is 2.82. The fourth-order valence-corrected chi connectivity index (χ4v) is 1.80. The number of benzene rings is 1. The summed E-state index contributed by atoms with van der Waals surface area (Å²) in [5.41, 5.74) is 3.68. The van der Waals surface area contributed by atoms with Crippen molar-refractivity contribution in [1.29, 1.82) is 0 Å². The number of imidazole rings is 1. The van der Waals surface area contributed by atoms with Crippen LogP contribution in [0.15, 0.2) is 30.5 Å². The molecule has 1 aromatic carbocycles. The van der Waals surface area contributed by atoms with Gasteiger partial charge in [-0.15, -0.1) is 0 Å². The van der Waals surface area contributed by atoms with Crippen LogP contribution in [0.25, 0.3) is 11.4 Å². The van der Waals surface area contributed by atoms with Crippen LogP contribution in [-0.2, 0) is 12.5 Å². The first-order valence-electron chi connectivity index (χ1n) is 5.99. The van der Waals surface area contributed by atoms with Crippen molar-refractivity contribution in [2.75, 3.05) is 0 Å². The zero-order valence-electron chi connectivity index (χ0n) is 11.3. The van der Waals surface area contributed by atoms with Crippen LogP contribution in [-0.4, -0.2) is 9.55 Å². The minimum atomic E-state index is 0.0979. The molecular formula is C15H20N2. The van der Waals surface area contributed by atoms with Crippen molar-refractivity contribution in [2.24, 2.45) is 7.05 Å². The second-order valence-electron chi connectivity index (χ2n) is 5.68. The smallest absolute Gasteiger partial charge is 0.139 e. The topological polar surface area (TPSA) is 17.8 Å². The molecule has 1 aromatic heterocycles. The third-order valence-corrected chi connectivity index (χ3v) is 2.95. The lowest BCUT2D eigenvalue weighted by Gasteiger charge is -2.13. The third kappa shape index (κ3) is 2.41. The van der Waals surface area contributed by atoms with E-state index in [1.54, 1.807) is 0 Å². The highest BCUT2D eigenvalue weighted by atomic mass is 15.1. The van der Waals surface area contributed by atoms with E-state index in [2.05, 4.69) is 69.8 Å². The molecule has 0 saturated carbocycles. The third-order valence-electron chi connectivity index (χ3n) is 2.95. The van der Waals surface area contributed by atoms with Gasteiger partial charge in [0, 0.05) is 24.2 Å². The lowest BCUT2D eigenvalue weighted by Crippen LogP contribution is -2.11. The van der Waals surface area contributed by atoms with Gasteiger partial charge in [-0.25, -0.2) is 4.98 Å². The molecule has 2 nitrogen and oxygen atoms in total. The van der Waals surface area contributed by atoms with Crippen molar-refractivity contribution in [2.45, 2.75) is 33.1 Å². The molecule has 0 aliphatic carbocycles. The molecule has 2 heteroatoms. The highest BCUT2D eigenvalue weighted by Gasteiger charge is 2.19. The van der Waals surface area contributed by atoms with Crippen molar-refractivity contribution >= 4 is 0 Å². The standard InChI is InChI=1S/C15H20N2/c1-11-6-8-12(9-7-11)14-16-13(10-17(14)5)15(2,3)4/h6-10H,1-5H3. The Morgan fingerprint density at radius 3 is 2.12 bits per heavy atom. The SMILES string of the molecule is Cc1ccc(-c2nc(C(C)(C)C)cn2C)cc1. The van der Waals surface area contributed by atoms with E-state index in [1.165, 1.54) is 11.1 Å². The molecule has 2 rings (SSSR count). The van der Waals surface area contributed by atoms with Crippen molar-refractivity contribution in [1.82, 2.24) is 9.55 Å². The summed E-state index contributed by atoms with van der Waals surface area (Å²) in [5, 5.41) is 0. The molecular weight excluding hydrogens is 208 g/mol. The maximum absolute atomic E-state index is 4.74. The van der Waals surface area contributed by atoms with E-state index in [0.29, 0.717) is 0 Å². The minimum Gasteiger partial charge on any atom is -0.334 e. The quantitative estimate of drug-likeness (QED) is 0.728. The molecule has 1 heterocycles.